The number of aromatic nitrogens is 4. The molecule has 3 rings (SSSR count). The van der Waals surface area contributed by atoms with E-state index in [-0.39, 0.29) is 5.92 Å². The molecule has 0 spiro atoms. The summed E-state index contributed by atoms with van der Waals surface area (Å²) in [7, 11) is 1.76. The Kier molecular flexibility index (Phi) is 4.41. The van der Waals surface area contributed by atoms with Crippen LogP contribution >= 0.6 is 23.2 Å². The van der Waals surface area contributed by atoms with Gasteiger partial charge in [0.25, 0.3) is 0 Å². The van der Waals surface area contributed by atoms with E-state index in [9.17, 15) is 0 Å². The minimum Gasteiger partial charge on any atom is -0.167 e. The van der Waals surface area contributed by atoms with Gasteiger partial charge in [0, 0.05) is 12.3 Å². The molecule has 0 N–H and O–H groups in total. The summed E-state index contributed by atoms with van der Waals surface area (Å²) in [5.74, 6) is 0.794. The summed E-state index contributed by atoms with van der Waals surface area (Å²) in [6, 6.07) is 15.9. The minimum absolute atomic E-state index is 0.0974. The molecule has 0 aliphatic heterocycles. The first-order chi connectivity index (χ1) is 10.6. The molecule has 0 amide bonds. The highest BCUT2D eigenvalue weighted by Crippen LogP contribution is 2.32. The number of hydrogen-bond acceptors (Lipinski definition) is 3. The largest absolute Gasteiger partial charge is 0.175 e. The van der Waals surface area contributed by atoms with Gasteiger partial charge >= 0.3 is 0 Å². The van der Waals surface area contributed by atoms with Gasteiger partial charge in [-0.3, -0.25) is 0 Å². The van der Waals surface area contributed by atoms with Crippen LogP contribution in [0.15, 0.2) is 48.5 Å². The van der Waals surface area contributed by atoms with E-state index in [1.54, 1.807) is 7.05 Å². The van der Waals surface area contributed by atoms with Gasteiger partial charge in [-0.15, -0.1) is 10.2 Å². The second-order valence-electron chi connectivity index (χ2n) is 5.04. The Morgan fingerprint density at radius 2 is 1.77 bits per heavy atom. The SMILES string of the molecule is Cn1nnc(CC(c2ccccc2)c2ccc(Cl)c(Cl)c2)n1. The van der Waals surface area contributed by atoms with Crippen LogP contribution in [0.1, 0.15) is 22.9 Å². The van der Waals surface area contributed by atoms with Gasteiger partial charge in [-0.1, -0.05) is 59.6 Å². The van der Waals surface area contributed by atoms with Gasteiger partial charge in [0.15, 0.2) is 5.82 Å². The Hall–Kier alpha value is -1.91. The molecule has 112 valence electrons. The first kappa shape index (κ1) is 15.0. The lowest BCUT2D eigenvalue weighted by Crippen LogP contribution is -2.07. The van der Waals surface area contributed by atoms with Crippen LogP contribution in [-0.2, 0) is 13.5 Å². The smallest absolute Gasteiger partial charge is 0.167 e. The van der Waals surface area contributed by atoms with Gasteiger partial charge in [-0.05, 0) is 28.5 Å². The monoisotopic (exact) mass is 332 g/mol. The van der Waals surface area contributed by atoms with Crippen LogP contribution in [0.2, 0.25) is 10.0 Å². The van der Waals surface area contributed by atoms with E-state index in [0.29, 0.717) is 22.3 Å². The topological polar surface area (TPSA) is 43.6 Å². The van der Waals surface area contributed by atoms with E-state index in [4.69, 9.17) is 23.2 Å². The Bertz CT molecular complexity index is 771. The van der Waals surface area contributed by atoms with Crippen molar-refractivity contribution in [1.29, 1.82) is 0 Å². The van der Waals surface area contributed by atoms with E-state index in [1.165, 1.54) is 10.4 Å². The Balaban J connectivity index is 2.00. The zero-order valence-electron chi connectivity index (χ0n) is 11.9. The predicted molar refractivity (Wildman–Crippen MR) is 87.2 cm³/mol. The van der Waals surface area contributed by atoms with Crippen LogP contribution in [0.5, 0.6) is 0 Å². The van der Waals surface area contributed by atoms with Gasteiger partial charge < -0.3 is 0 Å². The predicted octanol–water partition coefficient (Wildman–Crippen LogP) is 3.89. The zero-order valence-corrected chi connectivity index (χ0v) is 13.5. The van der Waals surface area contributed by atoms with Crippen molar-refractivity contribution in [2.24, 2.45) is 7.05 Å². The molecule has 0 saturated heterocycles. The lowest BCUT2D eigenvalue weighted by molar-refractivity contribution is 0.625. The number of rotatable bonds is 4. The molecule has 22 heavy (non-hydrogen) atoms. The Morgan fingerprint density at radius 1 is 1.00 bits per heavy atom. The fourth-order valence-corrected chi connectivity index (χ4v) is 2.74. The summed E-state index contributed by atoms with van der Waals surface area (Å²) >= 11 is 12.2. The van der Waals surface area contributed by atoms with E-state index < -0.39 is 0 Å². The molecule has 0 bridgehead atoms. The fourth-order valence-electron chi connectivity index (χ4n) is 2.43. The van der Waals surface area contributed by atoms with Crippen molar-refractivity contribution in [2.75, 3.05) is 0 Å². The molecule has 6 heteroatoms. The first-order valence-corrected chi connectivity index (χ1v) is 7.62. The van der Waals surface area contributed by atoms with E-state index in [0.717, 1.165) is 5.56 Å². The lowest BCUT2D eigenvalue weighted by Gasteiger charge is -2.17. The number of benzene rings is 2. The molecule has 0 saturated carbocycles. The summed E-state index contributed by atoms with van der Waals surface area (Å²) < 4.78 is 0. The molecule has 0 radical (unpaired) electrons. The highest BCUT2D eigenvalue weighted by Gasteiger charge is 2.18. The second kappa shape index (κ2) is 6.46. The summed E-state index contributed by atoms with van der Waals surface area (Å²) in [6.45, 7) is 0. The van der Waals surface area contributed by atoms with Crippen molar-refractivity contribution in [2.45, 2.75) is 12.3 Å². The van der Waals surface area contributed by atoms with Crippen molar-refractivity contribution < 1.29 is 0 Å². The van der Waals surface area contributed by atoms with Crippen molar-refractivity contribution in [3.05, 3.63) is 75.5 Å². The molecular formula is C16H14Cl2N4. The second-order valence-corrected chi connectivity index (χ2v) is 5.85. The molecule has 4 nitrogen and oxygen atoms in total. The molecule has 3 aromatic rings. The summed E-state index contributed by atoms with van der Waals surface area (Å²) in [4.78, 5) is 1.46. The molecule has 0 fully saturated rings. The highest BCUT2D eigenvalue weighted by molar-refractivity contribution is 6.42. The van der Waals surface area contributed by atoms with Crippen LogP contribution in [0, 0.1) is 0 Å². The van der Waals surface area contributed by atoms with Crippen LogP contribution in [0.25, 0.3) is 0 Å². The molecular weight excluding hydrogens is 319 g/mol. The van der Waals surface area contributed by atoms with Crippen LogP contribution in [0.3, 0.4) is 0 Å². The minimum atomic E-state index is 0.0974. The highest BCUT2D eigenvalue weighted by atomic mass is 35.5. The summed E-state index contributed by atoms with van der Waals surface area (Å²) in [5, 5.41) is 13.4. The number of halogens is 2. The number of tetrazole rings is 1. The molecule has 1 heterocycles. The molecule has 1 unspecified atom stereocenters. The maximum atomic E-state index is 6.17. The van der Waals surface area contributed by atoms with E-state index >= 15 is 0 Å². The van der Waals surface area contributed by atoms with Crippen molar-refractivity contribution in [1.82, 2.24) is 20.2 Å². The fraction of sp³-hybridized carbons (Fsp3) is 0.188. The van der Waals surface area contributed by atoms with E-state index in [2.05, 4.69) is 27.5 Å². The molecule has 1 atom stereocenters. The molecule has 0 aliphatic carbocycles. The lowest BCUT2D eigenvalue weighted by atomic mass is 9.88. The van der Waals surface area contributed by atoms with Gasteiger partial charge in [0.2, 0.25) is 0 Å². The number of aryl methyl sites for hydroxylation is 1. The van der Waals surface area contributed by atoms with Gasteiger partial charge in [0.05, 0.1) is 17.1 Å². The van der Waals surface area contributed by atoms with Gasteiger partial charge in [-0.25, -0.2) is 0 Å². The third-order valence-electron chi connectivity index (χ3n) is 3.48. The van der Waals surface area contributed by atoms with E-state index in [1.807, 2.05) is 36.4 Å². The molecule has 1 aromatic heterocycles. The van der Waals surface area contributed by atoms with Crippen molar-refractivity contribution >= 4 is 23.2 Å². The third-order valence-corrected chi connectivity index (χ3v) is 4.22. The quantitative estimate of drug-likeness (QED) is 0.727. The average molecular weight is 333 g/mol. The molecule has 2 aromatic carbocycles. The summed E-state index contributed by atoms with van der Waals surface area (Å²) in [5.41, 5.74) is 2.25. The number of hydrogen-bond donors (Lipinski definition) is 0. The van der Waals surface area contributed by atoms with Gasteiger partial charge in [0.1, 0.15) is 0 Å². The normalized spacial score (nSPS) is 12.3. The average Bonchev–Trinajstić information content (AvgIpc) is 2.94. The first-order valence-electron chi connectivity index (χ1n) is 6.86. The Labute approximate surface area is 138 Å². The third kappa shape index (κ3) is 3.29. The van der Waals surface area contributed by atoms with Crippen LogP contribution < -0.4 is 0 Å². The van der Waals surface area contributed by atoms with Gasteiger partial charge in [-0.2, -0.15) is 4.80 Å². The summed E-state index contributed by atoms with van der Waals surface area (Å²) in [6.07, 6.45) is 0.649. The Morgan fingerprint density at radius 3 is 2.41 bits per heavy atom. The maximum Gasteiger partial charge on any atom is 0.175 e. The molecule has 0 aliphatic rings. The number of nitrogens with zero attached hydrogens (tertiary/aromatic N) is 4. The maximum absolute atomic E-state index is 6.17. The zero-order chi connectivity index (χ0) is 15.5. The van der Waals surface area contributed by atoms with Crippen LogP contribution in [0.4, 0.5) is 0 Å². The standard InChI is InChI=1S/C16H14Cl2N4/c1-22-20-16(19-21-22)10-13(11-5-3-2-4-6-11)12-7-8-14(17)15(18)9-12/h2-9,13H,10H2,1H3. The van der Waals surface area contributed by atoms with Crippen molar-refractivity contribution in [3.63, 3.8) is 0 Å². The van der Waals surface area contributed by atoms with Crippen LogP contribution in [-0.4, -0.2) is 20.2 Å². The van der Waals surface area contributed by atoms with Crippen molar-refractivity contribution in [3.8, 4) is 0 Å².